The zero-order chi connectivity index (χ0) is 13.6. The lowest BCUT2D eigenvalue weighted by Gasteiger charge is -2.12. The van der Waals surface area contributed by atoms with Gasteiger partial charge in [0, 0.05) is 11.6 Å². The summed E-state index contributed by atoms with van der Waals surface area (Å²) in [6.07, 6.45) is 1.67. The fraction of sp³-hybridized carbons (Fsp3) is 0.167. The number of nitrogens with one attached hydrogen (secondary N) is 1. The maximum Gasteiger partial charge on any atom is 0.184 e. The summed E-state index contributed by atoms with van der Waals surface area (Å²) in [6.45, 7) is 1.85. The minimum atomic E-state index is -0.895. The van der Waals surface area contributed by atoms with E-state index >= 15 is 0 Å². The number of aromatic amines is 1. The Labute approximate surface area is 116 Å². The zero-order valence-corrected chi connectivity index (χ0v) is 11.5. The Morgan fingerprint density at radius 2 is 2.21 bits per heavy atom. The fourth-order valence-corrected chi connectivity index (χ4v) is 3.12. The molecular weight excluding hydrogens is 288 g/mol. The highest BCUT2D eigenvalue weighted by Crippen LogP contribution is 2.28. The molecule has 0 amide bonds. The third kappa shape index (κ3) is 1.89. The average molecular weight is 297 g/mol. The molecule has 1 aromatic carbocycles. The van der Waals surface area contributed by atoms with E-state index < -0.39 is 11.6 Å². The molecule has 0 spiro atoms. The molecule has 0 bridgehead atoms. The Balaban J connectivity index is 2.32. The summed E-state index contributed by atoms with van der Waals surface area (Å²) < 4.78 is 29.3. The van der Waals surface area contributed by atoms with Gasteiger partial charge in [0.25, 0.3) is 0 Å². The molecule has 1 atom stereocenters. The Kier molecular flexibility index (Phi) is 2.94. The molecule has 2 aromatic heterocycles. The highest BCUT2D eigenvalue weighted by Gasteiger charge is 2.19. The molecule has 0 aliphatic carbocycles. The van der Waals surface area contributed by atoms with Gasteiger partial charge in [0.05, 0.1) is 11.6 Å². The lowest BCUT2D eigenvalue weighted by molar-refractivity contribution is 0.508. The van der Waals surface area contributed by atoms with Crippen LogP contribution in [0.3, 0.4) is 0 Å². The first-order valence-corrected chi connectivity index (χ1v) is 6.86. The van der Waals surface area contributed by atoms with Crippen LogP contribution in [0.1, 0.15) is 18.0 Å². The lowest BCUT2D eigenvalue weighted by atomic mass is 10.2. The van der Waals surface area contributed by atoms with Crippen LogP contribution >= 0.6 is 23.6 Å². The van der Waals surface area contributed by atoms with Crippen molar-refractivity contribution in [1.29, 1.82) is 0 Å². The van der Waals surface area contributed by atoms with E-state index in [1.807, 2.05) is 12.3 Å². The minimum Gasteiger partial charge on any atom is -0.330 e. The van der Waals surface area contributed by atoms with Crippen molar-refractivity contribution in [2.24, 2.45) is 0 Å². The number of aromatic nitrogens is 3. The van der Waals surface area contributed by atoms with Crippen molar-refractivity contribution in [1.82, 2.24) is 14.5 Å². The standard InChI is InChI=1S/C12H9F2N3S2/c1-6(11-15-4-5-19-11)17-10-8(16-12(17)18)3-2-7(13)9(10)14/h2-6H,1H3,(H,16,18). The number of rotatable bonds is 2. The van der Waals surface area contributed by atoms with Crippen LogP contribution in [0.5, 0.6) is 0 Å². The van der Waals surface area contributed by atoms with E-state index in [1.54, 1.807) is 10.8 Å². The van der Waals surface area contributed by atoms with Crippen molar-refractivity contribution in [3.8, 4) is 0 Å². The van der Waals surface area contributed by atoms with E-state index in [0.29, 0.717) is 10.3 Å². The molecule has 1 unspecified atom stereocenters. The molecule has 0 aliphatic rings. The van der Waals surface area contributed by atoms with E-state index in [4.69, 9.17) is 12.2 Å². The van der Waals surface area contributed by atoms with Gasteiger partial charge in [0.1, 0.15) is 10.5 Å². The van der Waals surface area contributed by atoms with Gasteiger partial charge in [-0.1, -0.05) is 0 Å². The molecule has 3 nitrogen and oxygen atoms in total. The number of benzene rings is 1. The second-order valence-electron chi connectivity index (χ2n) is 4.10. The second-order valence-corrected chi connectivity index (χ2v) is 5.42. The lowest BCUT2D eigenvalue weighted by Crippen LogP contribution is -2.07. The van der Waals surface area contributed by atoms with Gasteiger partial charge in [0.2, 0.25) is 0 Å². The van der Waals surface area contributed by atoms with Crippen molar-refractivity contribution < 1.29 is 8.78 Å². The molecule has 0 fully saturated rings. The number of hydrogen-bond acceptors (Lipinski definition) is 3. The first-order valence-electron chi connectivity index (χ1n) is 5.57. The van der Waals surface area contributed by atoms with E-state index in [-0.39, 0.29) is 11.6 Å². The molecule has 0 aliphatic heterocycles. The molecule has 3 aromatic rings. The molecule has 1 N–H and O–H groups in total. The SMILES string of the molecule is CC(c1nccs1)n1c(=S)[nH]c2ccc(F)c(F)c21. The van der Waals surface area contributed by atoms with Crippen LogP contribution in [0.25, 0.3) is 11.0 Å². The largest absolute Gasteiger partial charge is 0.330 e. The van der Waals surface area contributed by atoms with Crippen molar-refractivity contribution >= 4 is 34.6 Å². The van der Waals surface area contributed by atoms with Gasteiger partial charge in [0.15, 0.2) is 16.4 Å². The quantitative estimate of drug-likeness (QED) is 0.724. The smallest absolute Gasteiger partial charge is 0.184 e. The van der Waals surface area contributed by atoms with E-state index in [0.717, 1.165) is 11.1 Å². The van der Waals surface area contributed by atoms with E-state index in [2.05, 4.69) is 9.97 Å². The summed E-state index contributed by atoms with van der Waals surface area (Å²) in [7, 11) is 0. The van der Waals surface area contributed by atoms with Gasteiger partial charge >= 0.3 is 0 Å². The molecule has 0 radical (unpaired) electrons. The molecule has 7 heteroatoms. The Morgan fingerprint density at radius 1 is 1.42 bits per heavy atom. The topological polar surface area (TPSA) is 33.6 Å². The van der Waals surface area contributed by atoms with Crippen molar-refractivity contribution in [3.05, 3.63) is 45.1 Å². The summed E-state index contributed by atoms with van der Waals surface area (Å²) in [4.78, 5) is 7.08. The fourth-order valence-electron chi connectivity index (χ4n) is 2.07. The van der Waals surface area contributed by atoms with Crippen LogP contribution in [0.15, 0.2) is 23.7 Å². The first kappa shape index (κ1) is 12.4. The zero-order valence-electron chi connectivity index (χ0n) is 9.85. The monoisotopic (exact) mass is 297 g/mol. The number of thiazole rings is 1. The highest BCUT2D eigenvalue weighted by molar-refractivity contribution is 7.71. The number of halogens is 2. The predicted molar refractivity (Wildman–Crippen MR) is 73.0 cm³/mol. The number of hydrogen-bond donors (Lipinski definition) is 1. The molecule has 98 valence electrons. The summed E-state index contributed by atoms with van der Waals surface area (Å²) in [5.41, 5.74) is 0.625. The molecule has 0 saturated heterocycles. The summed E-state index contributed by atoms with van der Waals surface area (Å²) in [5.74, 6) is -1.78. The summed E-state index contributed by atoms with van der Waals surface area (Å²) >= 11 is 6.65. The van der Waals surface area contributed by atoms with Crippen LogP contribution in [-0.2, 0) is 0 Å². The van der Waals surface area contributed by atoms with Crippen LogP contribution < -0.4 is 0 Å². The van der Waals surface area contributed by atoms with Crippen LogP contribution in [0.2, 0.25) is 0 Å². The average Bonchev–Trinajstić information content (AvgIpc) is 3.00. The van der Waals surface area contributed by atoms with Crippen molar-refractivity contribution in [3.63, 3.8) is 0 Å². The Morgan fingerprint density at radius 3 is 2.89 bits per heavy atom. The van der Waals surface area contributed by atoms with Gasteiger partial charge in [-0.3, -0.25) is 0 Å². The maximum absolute atomic E-state index is 14.0. The van der Waals surface area contributed by atoms with Crippen molar-refractivity contribution in [2.45, 2.75) is 13.0 Å². The van der Waals surface area contributed by atoms with E-state index in [9.17, 15) is 8.78 Å². The van der Waals surface area contributed by atoms with Gasteiger partial charge in [-0.2, -0.15) is 0 Å². The van der Waals surface area contributed by atoms with Crippen molar-refractivity contribution in [2.75, 3.05) is 0 Å². The molecule has 19 heavy (non-hydrogen) atoms. The number of nitrogens with zero attached hydrogens (tertiary/aromatic N) is 2. The maximum atomic E-state index is 14.0. The van der Waals surface area contributed by atoms with Crippen LogP contribution in [0, 0.1) is 16.4 Å². The van der Waals surface area contributed by atoms with E-state index in [1.165, 1.54) is 17.4 Å². The van der Waals surface area contributed by atoms with Gasteiger partial charge in [-0.05, 0) is 31.3 Å². The normalized spacial score (nSPS) is 13.0. The Bertz CT molecular complexity index is 789. The molecule has 3 rings (SSSR count). The third-order valence-corrected chi connectivity index (χ3v) is 4.21. The van der Waals surface area contributed by atoms with Gasteiger partial charge < -0.3 is 9.55 Å². The van der Waals surface area contributed by atoms with Gasteiger partial charge in [-0.15, -0.1) is 11.3 Å². The minimum absolute atomic E-state index is 0.146. The molecular formula is C12H9F2N3S2. The summed E-state index contributed by atoms with van der Waals surface area (Å²) in [5, 5.41) is 2.63. The predicted octanol–water partition coefficient (Wildman–Crippen LogP) is 4.04. The molecule has 2 heterocycles. The van der Waals surface area contributed by atoms with Gasteiger partial charge in [-0.25, -0.2) is 13.8 Å². The number of fused-ring (bicyclic) bond motifs is 1. The first-order chi connectivity index (χ1) is 9.09. The third-order valence-electron chi connectivity index (χ3n) is 2.97. The number of imidazole rings is 1. The van der Waals surface area contributed by atoms with Crippen LogP contribution in [-0.4, -0.2) is 14.5 Å². The summed E-state index contributed by atoms with van der Waals surface area (Å²) in [6, 6.07) is 2.31. The second kappa shape index (κ2) is 4.50. The molecule has 0 saturated carbocycles. The van der Waals surface area contributed by atoms with Crippen LogP contribution in [0.4, 0.5) is 8.78 Å². The highest BCUT2D eigenvalue weighted by atomic mass is 32.1. The number of H-pyrrole nitrogens is 1. The Hall–Kier alpha value is -1.60.